The van der Waals surface area contributed by atoms with Crippen LogP contribution in [0, 0.1) is 69.0 Å². The number of ether oxygens (including phenoxy) is 15. The summed E-state index contributed by atoms with van der Waals surface area (Å²) < 4.78 is 89.9. The van der Waals surface area contributed by atoms with Crippen molar-refractivity contribution in [1.29, 1.82) is 0 Å². The van der Waals surface area contributed by atoms with Crippen LogP contribution in [0.4, 0.5) is 9.59 Å². The quantitative estimate of drug-likeness (QED) is 0.0103. The third-order valence-corrected chi connectivity index (χ3v) is 29.6. The molecule has 0 spiro atoms. The molecule has 29 heteroatoms. The van der Waals surface area contributed by atoms with Gasteiger partial charge >= 0.3 is 48.1 Å². The van der Waals surface area contributed by atoms with E-state index in [0.717, 1.165) is 23.1 Å². The lowest BCUT2D eigenvalue weighted by molar-refractivity contribution is -0.345. The van der Waals surface area contributed by atoms with Gasteiger partial charge in [0.15, 0.2) is 23.4 Å². The summed E-state index contributed by atoms with van der Waals surface area (Å²) in [6.07, 6.45) is -13.2. The second-order valence-corrected chi connectivity index (χ2v) is 40.3. The molecule has 29 nitrogen and oxygen atoms in total. The fraction of sp³-hybridized carbons (Fsp3) is 0.537. The molecule has 0 amide bonds. The van der Waals surface area contributed by atoms with E-state index in [1.165, 1.54) is 13.8 Å². The average Bonchev–Trinajstić information content (AvgIpc) is 0.678. The van der Waals surface area contributed by atoms with Gasteiger partial charge in [-0.2, -0.15) is 0 Å². The summed E-state index contributed by atoms with van der Waals surface area (Å²) >= 11 is 0. The first-order valence-corrected chi connectivity index (χ1v) is 47.2. The molecule has 14 rings (SSSR count). The van der Waals surface area contributed by atoms with Gasteiger partial charge in [0.25, 0.3) is 0 Å². The van der Waals surface area contributed by atoms with Crippen molar-refractivity contribution >= 4 is 59.7 Å². The van der Waals surface area contributed by atoms with Crippen molar-refractivity contribution < 1.29 is 139 Å². The minimum Gasteiger partial charge on any atom is -0.479 e. The lowest BCUT2D eigenvalue weighted by Gasteiger charge is -2.67. The summed E-state index contributed by atoms with van der Waals surface area (Å²) in [5, 5.41) is 47.7. The van der Waals surface area contributed by atoms with Gasteiger partial charge in [-0.05, 0) is 133 Å². The van der Waals surface area contributed by atoms with Crippen LogP contribution >= 0.6 is 0 Å². The van der Waals surface area contributed by atoms with E-state index in [4.69, 9.17) is 71.1 Å². The third kappa shape index (κ3) is 21.8. The number of hydrogen-bond donors (Lipinski definition) is 4. The Morgan fingerprint density at radius 1 is 0.445 bits per heavy atom. The van der Waals surface area contributed by atoms with E-state index in [1.807, 2.05) is 113 Å². The van der Waals surface area contributed by atoms with E-state index in [0.29, 0.717) is 46.8 Å². The molecule has 22 atom stereocenters. The Hall–Kier alpha value is -10.9. The minimum atomic E-state index is -2.17. The van der Waals surface area contributed by atoms with Gasteiger partial charge in [0.05, 0.1) is 66.3 Å². The third-order valence-electron chi connectivity index (χ3n) is 29.6. The first-order chi connectivity index (χ1) is 64.8. The smallest absolute Gasteiger partial charge is 0.479 e. The van der Waals surface area contributed by atoms with Crippen molar-refractivity contribution in [3.8, 4) is 0 Å². The topological polar surface area (TPSA) is 390 Å². The van der Waals surface area contributed by atoms with Gasteiger partial charge in [0, 0.05) is 62.2 Å². The Balaban J connectivity index is 0.000000211. The number of aliphatic hydroxyl groups is 3. The molecule has 6 aliphatic carbocycles. The monoisotopic (exact) mass is 1890 g/mol. The van der Waals surface area contributed by atoms with E-state index in [1.54, 1.807) is 166 Å². The highest BCUT2D eigenvalue weighted by Crippen LogP contribution is 2.68. The number of benzene rings is 6. The lowest BCUT2D eigenvalue weighted by Crippen LogP contribution is -2.81. The number of ketones is 2. The Kier molecular flexibility index (Phi) is 33.5. The highest BCUT2D eigenvalue weighted by molar-refractivity contribution is 5.94. The fourth-order valence-electron chi connectivity index (χ4n) is 23.1. The fourth-order valence-corrected chi connectivity index (χ4v) is 23.1. The summed E-state index contributed by atoms with van der Waals surface area (Å²) in [5.74, 6) is -9.77. The molecular formula is C108H134O29. The summed E-state index contributed by atoms with van der Waals surface area (Å²) in [7, 11) is 0. The maximum absolute atomic E-state index is 15.9. The first-order valence-electron chi connectivity index (χ1n) is 47.2. The summed E-state index contributed by atoms with van der Waals surface area (Å²) in [5.41, 5.74) is -7.81. The second-order valence-electron chi connectivity index (χ2n) is 40.3. The van der Waals surface area contributed by atoms with Crippen LogP contribution < -0.4 is 0 Å². The summed E-state index contributed by atoms with van der Waals surface area (Å²) in [6.45, 7) is 31.6. The molecule has 137 heavy (non-hydrogen) atoms. The maximum Gasteiger partial charge on any atom is 0.508 e. The molecule has 2 saturated heterocycles. The number of carboxylic acid groups (broad SMARTS) is 1. The predicted octanol–water partition coefficient (Wildman–Crippen LogP) is 16.5. The van der Waals surface area contributed by atoms with Crippen LogP contribution in [0.1, 0.15) is 206 Å². The van der Waals surface area contributed by atoms with Gasteiger partial charge in [-0.3, -0.25) is 19.2 Å². The van der Waals surface area contributed by atoms with Crippen LogP contribution in [0.5, 0.6) is 0 Å². The number of carbonyl (C=O) groups is 10. The Morgan fingerprint density at radius 2 is 0.781 bits per heavy atom. The predicted molar refractivity (Wildman–Crippen MR) is 498 cm³/mol. The van der Waals surface area contributed by atoms with Crippen LogP contribution in [0.15, 0.2) is 204 Å². The Bertz CT molecular complexity index is 5300. The molecule has 2 aliphatic heterocycles. The van der Waals surface area contributed by atoms with Crippen molar-refractivity contribution in [2.45, 2.75) is 273 Å². The summed E-state index contributed by atoms with van der Waals surface area (Å²) in [6, 6.07) is 53.7. The number of rotatable bonds is 31. The van der Waals surface area contributed by atoms with Crippen LogP contribution in [-0.4, -0.2) is 190 Å². The SMILES string of the molecule is CC(=O)O[C@@]12CO[C@@H]1C[C@H](OC(=O)OCc1ccccc1)[C@@]1(C)C(=O)[C@H](C)C3=C(C)[C@@H](O)C[C@@](O)([C@@H](OC(=O)c4ccccc4)[C@H]21)C3(C)C.CC(=O)O[C@@]12CO[C@@H]1C[C@H](OC(=O)OCc1ccccc1)[C@@]1(C)C(=O)[C@H](C)C3=C(C)[C@@H](OC(=O)C(OCOCc4ccccc4)[C@@H](C)CC(C)C)C[C@@](O)([C@@H](OC(=O)c4ccccc4)[C@H]21)C3(C)C.CC(C)C[C@H](C)C(OCOCc1ccccc1)C(=O)O. The van der Waals surface area contributed by atoms with E-state index >= 15 is 9.59 Å². The number of aliphatic hydroxyl groups excluding tert-OH is 1. The van der Waals surface area contributed by atoms with Gasteiger partial charge in [0.1, 0.15) is 92.3 Å². The molecule has 0 radical (unpaired) electrons. The number of fused-ring (bicyclic) bond motifs is 10. The summed E-state index contributed by atoms with van der Waals surface area (Å²) in [4.78, 5) is 139. The van der Waals surface area contributed by atoms with E-state index in [2.05, 4.69) is 13.8 Å². The molecule has 0 aromatic heterocycles. The van der Waals surface area contributed by atoms with Gasteiger partial charge in [-0.1, -0.05) is 241 Å². The van der Waals surface area contributed by atoms with Gasteiger partial charge < -0.3 is 91.5 Å². The molecule has 6 aromatic carbocycles. The highest BCUT2D eigenvalue weighted by atomic mass is 16.7. The molecule has 740 valence electrons. The molecule has 4 bridgehead atoms. The molecule has 2 heterocycles. The van der Waals surface area contributed by atoms with Gasteiger partial charge in [-0.25, -0.2) is 28.8 Å². The molecule has 2 unspecified atom stereocenters. The normalized spacial score (nSPS) is 30.0. The Labute approximate surface area is 801 Å². The number of aliphatic carboxylic acids is 1. The van der Waals surface area contributed by atoms with Crippen LogP contribution in [0.25, 0.3) is 0 Å². The van der Waals surface area contributed by atoms with Crippen molar-refractivity contribution in [2.24, 2.45) is 69.0 Å². The van der Waals surface area contributed by atoms with Crippen molar-refractivity contribution in [3.63, 3.8) is 0 Å². The molecule has 4 saturated carbocycles. The van der Waals surface area contributed by atoms with Crippen molar-refractivity contribution in [3.05, 3.63) is 238 Å². The van der Waals surface area contributed by atoms with Crippen LogP contribution in [-0.2, 0) is 126 Å². The zero-order valence-corrected chi connectivity index (χ0v) is 81.6. The van der Waals surface area contributed by atoms with E-state index < -0.39 is 188 Å². The van der Waals surface area contributed by atoms with E-state index in [9.17, 15) is 58.8 Å². The lowest BCUT2D eigenvalue weighted by atomic mass is 9.43. The average molecular weight is 1900 g/mol. The van der Waals surface area contributed by atoms with Crippen molar-refractivity contribution in [2.75, 3.05) is 26.8 Å². The molecule has 6 fully saturated rings. The maximum atomic E-state index is 15.9. The minimum absolute atomic E-state index is 0.00566. The number of carboxylic acids is 1. The number of carbonyl (C=O) groups excluding carboxylic acids is 9. The van der Waals surface area contributed by atoms with E-state index in [-0.39, 0.29) is 101 Å². The van der Waals surface area contributed by atoms with Gasteiger partial charge in [-0.15, -0.1) is 0 Å². The zero-order valence-electron chi connectivity index (χ0n) is 81.6. The van der Waals surface area contributed by atoms with Crippen LogP contribution in [0.2, 0.25) is 0 Å². The Morgan fingerprint density at radius 3 is 1.12 bits per heavy atom. The largest absolute Gasteiger partial charge is 0.508 e. The first kappa shape index (κ1) is 105. The molecule has 4 N–H and O–H groups in total. The molecule has 6 aromatic rings. The number of esters is 5. The zero-order chi connectivity index (χ0) is 99.7. The number of Topliss-reactive ketones (excluding diaryl/α,β-unsaturated/α-hetero) is 2. The molecule has 8 aliphatic rings. The van der Waals surface area contributed by atoms with Crippen LogP contribution in [0.3, 0.4) is 0 Å². The highest BCUT2D eigenvalue weighted by Gasteiger charge is 2.81. The number of hydrogen-bond acceptors (Lipinski definition) is 28. The van der Waals surface area contributed by atoms with Gasteiger partial charge in [0.2, 0.25) is 0 Å². The standard InChI is InChI=1S/C54H66O14.C38H44O11.C16H24O4/c1-32(2)25-33(3)44(64-31-61-28-37-19-13-10-14-20-37)49(58)65-40-27-54(60)47(67-48(57)39-23-17-12-18-24-39)45-52(9,46(56)35(5)43(34(40)4)51(54,7)8)41(26-42-53(45,30-63-42)68-36(6)55)66-50(59)62-29-38-21-15-11-16-22-38;1-21-26(40)18-38(44)32(48-33(42)25-15-11-8-12-16-25)30-36(6,31(41)22(2)29(21)35(38,4)5)27(17-28-37(30,20-46-28)49-23(3)39)47-34(43)45-19-24-13-9-7-10-14-24;1-12(2)9-13(3)15(16(17)18)20-11-19-10-14-7-5-4-6-8-14/h10-24,32-33,35,40-42,44-45,47,60H,25-31H2,1-9H3;7-16,22,26-28,30,32,40,44H,17-20H2,1-6H3;4-8,12-13,15H,9-11H2,1-3H3,(H,17,18)/t33-,35+,40-,41-,42+,44?,45-,47-,52+,53-,54+;22-,26+,27+,28-,30+,32+,36-,37+,38-;13-,15?/m010/s1. The van der Waals surface area contributed by atoms with Crippen molar-refractivity contribution in [1.82, 2.24) is 0 Å². The molecular weight excluding hydrogens is 1760 g/mol. The second kappa shape index (κ2) is 43.7.